The smallest absolute Gasteiger partial charge is 0.227 e. The zero-order chi connectivity index (χ0) is 22.0. The van der Waals surface area contributed by atoms with Crippen molar-refractivity contribution in [1.82, 2.24) is 20.2 Å². The highest BCUT2D eigenvalue weighted by atomic mass is 19.1. The van der Waals surface area contributed by atoms with Crippen molar-refractivity contribution in [3.8, 4) is 11.1 Å². The van der Waals surface area contributed by atoms with Crippen LogP contribution < -0.4 is 15.5 Å². The number of aromatic nitrogens is 4. The zero-order valence-electron chi connectivity index (χ0n) is 18.1. The fourth-order valence-corrected chi connectivity index (χ4v) is 3.65. The number of morpholine rings is 1. The molecule has 0 unspecified atom stereocenters. The summed E-state index contributed by atoms with van der Waals surface area (Å²) >= 11 is 0. The van der Waals surface area contributed by atoms with E-state index in [1.54, 1.807) is 7.05 Å². The number of nitrogens with zero attached hydrogens (tertiary/aromatic N) is 5. The van der Waals surface area contributed by atoms with Gasteiger partial charge in [-0.2, -0.15) is 4.98 Å². The lowest BCUT2D eigenvalue weighted by atomic mass is 10.1. The topological polar surface area (TPSA) is 88.1 Å². The SMILES string of the molecule is CNc1nnc(Nc2nc(N3C[C@@H](C)O[C@@H](C)C3)ncc2F)cc1-c1ccc(C)cc1. The first-order valence-electron chi connectivity index (χ1n) is 10.3. The number of hydrogen-bond acceptors (Lipinski definition) is 8. The van der Waals surface area contributed by atoms with Crippen molar-refractivity contribution >= 4 is 23.4 Å². The molecule has 4 rings (SSSR count). The van der Waals surface area contributed by atoms with Crippen molar-refractivity contribution in [2.24, 2.45) is 0 Å². The van der Waals surface area contributed by atoms with Gasteiger partial charge in [-0.3, -0.25) is 0 Å². The maximum Gasteiger partial charge on any atom is 0.227 e. The fourth-order valence-electron chi connectivity index (χ4n) is 3.65. The second kappa shape index (κ2) is 8.81. The molecule has 1 saturated heterocycles. The van der Waals surface area contributed by atoms with E-state index in [0.29, 0.717) is 30.7 Å². The third kappa shape index (κ3) is 4.72. The van der Waals surface area contributed by atoms with Crippen molar-refractivity contribution < 1.29 is 9.13 Å². The minimum atomic E-state index is -0.561. The molecule has 2 aromatic heterocycles. The maximum atomic E-state index is 14.5. The van der Waals surface area contributed by atoms with E-state index in [4.69, 9.17) is 4.74 Å². The van der Waals surface area contributed by atoms with Gasteiger partial charge in [-0.05, 0) is 32.4 Å². The third-order valence-electron chi connectivity index (χ3n) is 5.07. The standard InChI is InChI=1S/C22H26FN7O/c1-13-5-7-16(8-6-13)17-9-19(28-29-20(17)24-4)26-21-18(23)10-25-22(27-21)30-11-14(2)31-15(3)12-30/h5-10,14-15H,11-12H2,1-4H3,(H,24,29)(H,25,26,27,28)/t14-,15+. The lowest BCUT2D eigenvalue weighted by Crippen LogP contribution is -2.46. The molecular formula is C22H26FN7O. The summed E-state index contributed by atoms with van der Waals surface area (Å²) in [5.41, 5.74) is 3.00. The molecular weight excluding hydrogens is 397 g/mol. The van der Waals surface area contributed by atoms with Gasteiger partial charge in [0, 0.05) is 25.7 Å². The van der Waals surface area contributed by atoms with E-state index in [-0.39, 0.29) is 18.0 Å². The fraction of sp³-hybridized carbons (Fsp3) is 0.364. The lowest BCUT2D eigenvalue weighted by molar-refractivity contribution is -0.00572. The maximum absolute atomic E-state index is 14.5. The first-order chi connectivity index (χ1) is 14.9. The van der Waals surface area contributed by atoms with Gasteiger partial charge in [-0.15, -0.1) is 10.2 Å². The monoisotopic (exact) mass is 423 g/mol. The van der Waals surface area contributed by atoms with Crippen LogP contribution in [0.4, 0.5) is 27.8 Å². The first kappa shape index (κ1) is 20.9. The summed E-state index contributed by atoms with van der Waals surface area (Å²) in [6.45, 7) is 7.31. The molecule has 2 N–H and O–H groups in total. The van der Waals surface area contributed by atoms with E-state index in [1.807, 2.05) is 56.0 Å². The highest BCUT2D eigenvalue weighted by Crippen LogP contribution is 2.29. The van der Waals surface area contributed by atoms with E-state index < -0.39 is 5.82 Å². The molecule has 1 aliphatic rings. The highest BCUT2D eigenvalue weighted by molar-refractivity contribution is 5.77. The lowest BCUT2D eigenvalue weighted by Gasteiger charge is -2.35. The van der Waals surface area contributed by atoms with Crippen LogP contribution in [0.15, 0.2) is 36.5 Å². The van der Waals surface area contributed by atoms with Crippen molar-refractivity contribution in [3.63, 3.8) is 0 Å². The van der Waals surface area contributed by atoms with Crippen LogP contribution in [0, 0.1) is 12.7 Å². The minimum Gasteiger partial charge on any atom is -0.372 e. The Hall–Kier alpha value is -3.33. The third-order valence-corrected chi connectivity index (χ3v) is 5.07. The van der Waals surface area contributed by atoms with E-state index in [9.17, 15) is 4.39 Å². The molecule has 0 spiro atoms. The van der Waals surface area contributed by atoms with Crippen LogP contribution in [0.5, 0.6) is 0 Å². The Morgan fingerprint density at radius 2 is 1.77 bits per heavy atom. The summed E-state index contributed by atoms with van der Waals surface area (Å²) in [4.78, 5) is 10.6. The second-order valence-corrected chi connectivity index (χ2v) is 7.76. The van der Waals surface area contributed by atoms with Gasteiger partial charge in [0.2, 0.25) is 5.95 Å². The van der Waals surface area contributed by atoms with E-state index in [0.717, 1.165) is 16.7 Å². The van der Waals surface area contributed by atoms with Crippen LogP contribution >= 0.6 is 0 Å². The Balaban J connectivity index is 1.63. The second-order valence-electron chi connectivity index (χ2n) is 7.76. The number of anilines is 4. The number of rotatable bonds is 5. The number of hydrogen-bond donors (Lipinski definition) is 2. The molecule has 0 amide bonds. The molecule has 3 aromatic rings. The van der Waals surface area contributed by atoms with Gasteiger partial charge in [-0.1, -0.05) is 29.8 Å². The molecule has 9 heteroatoms. The van der Waals surface area contributed by atoms with Crippen LogP contribution in [-0.2, 0) is 4.74 Å². The predicted octanol–water partition coefficient (Wildman–Crippen LogP) is 3.78. The van der Waals surface area contributed by atoms with Crippen LogP contribution in [-0.4, -0.2) is 52.5 Å². The summed E-state index contributed by atoms with van der Waals surface area (Å²) in [5.74, 6) is 0.966. The Labute approximate surface area is 180 Å². The number of benzene rings is 1. The molecule has 2 atom stereocenters. The van der Waals surface area contributed by atoms with Crippen molar-refractivity contribution in [2.75, 3.05) is 35.7 Å². The van der Waals surface area contributed by atoms with Crippen LogP contribution in [0.1, 0.15) is 19.4 Å². The molecule has 1 fully saturated rings. The number of halogens is 1. The Morgan fingerprint density at radius 1 is 1.06 bits per heavy atom. The van der Waals surface area contributed by atoms with E-state index in [1.165, 1.54) is 6.20 Å². The number of aryl methyl sites for hydroxylation is 1. The summed E-state index contributed by atoms with van der Waals surface area (Å²) in [6, 6.07) is 9.91. The molecule has 0 radical (unpaired) electrons. The molecule has 1 aromatic carbocycles. The molecule has 0 aliphatic carbocycles. The largest absolute Gasteiger partial charge is 0.372 e. The van der Waals surface area contributed by atoms with E-state index >= 15 is 0 Å². The van der Waals surface area contributed by atoms with Gasteiger partial charge in [0.25, 0.3) is 0 Å². The molecule has 0 bridgehead atoms. The first-order valence-corrected chi connectivity index (χ1v) is 10.3. The number of ether oxygens (including phenoxy) is 1. The van der Waals surface area contributed by atoms with Crippen LogP contribution in [0.2, 0.25) is 0 Å². The van der Waals surface area contributed by atoms with Gasteiger partial charge < -0.3 is 20.3 Å². The van der Waals surface area contributed by atoms with Gasteiger partial charge in [0.1, 0.15) is 0 Å². The van der Waals surface area contributed by atoms with Crippen molar-refractivity contribution in [3.05, 3.63) is 47.9 Å². The molecule has 1 aliphatic heterocycles. The Morgan fingerprint density at radius 3 is 2.45 bits per heavy atom. The highest BCUT2D eigenvalue weighted by Gasteiger charge is 2.25. The molecule has 31 heavy (non-hydrogen) atoms. The van der Waals surface area contributed by atoms with Gasteiger partial charge in [0.05, 0.1) is 18.4 Å². The molecule has 0 saturated carbocycles. The number of nitrogens with one attached hydrogen (secondary N) is 2. The van der Waals surface area contributed by atoms with Gasteiger partial charge >= 0.3 is 0 Å². The van der Waals surface area contributed by atoms with Crippen LogP contribution in [0.25, 0.3) is 11.1 Å². The average Bonchev–Trinajstić information content (AvgIpc) is 2.75. The normalized spacial score (nSPS) is 18.7. The summed E-state index contributed by atoms with van der Waals surface area (Å²) in [5, 5.41) is 14.4. The van der Waals surface area contributed by atoms with Crippen molar-refractivity contribution in [1.29, 1.82) is 0 Å². The van der Waals surface area contributed by atoms with Crippen molar-refractivity contribution in [2.45, 2.75) is 33.0 Å². The average molecular weight is 423 g/mol. The predicted molar refractivity (Wildman–Crippen MR) is 119 cm³/mol. The minimum absolute atomic E-state index is 0.0471. The Kier molecular flexibility index (Phi) is 5.94. The summed E-state index contributed by atoms with van der Waals surface area (Å²) in [7, 11) is 1.79. The zero-order valence-corrected chi connectivity index (χ0v) is 18.1. The van der Waals surface area contributed by atoms with E-state index in [2.05, 4.69) is 30.8 Å². The molecule has 3 heterocycles. The molecule has 8 nitrogen and oxygen atoms in total. The quantitative estimate of drug-likeness (QED) is 0.641. The molecule has 162 valence electrons. The Bertz CT molecular complexity index is 1050. The summed E-state index contributed by atoms with van der Waals surface area (Å²) < 4.78 is 20.3. The summed E-state index contributed by atoms with van der Waals surface area (Å²) in [6.07, 6.45) is 1.27. The van der Waals surface area contributed by atoms with Crippen LogP contribution in [0.3, 0.4) is 0 Å². The van der Waals surface area contributed by atoms with Gasteiger partial charge in [0.15, 0.2) is 23.3 Å². The van der Waals surface area contributed by atoms with Gasteiger partial charge in [-0.25, -0.2) is 9.37 Å².